The normalized spacial score (nSPS) is 34.0. The largest absolute Gasteiger partial charge is 0.328 e. The third kappa shape index (κ3) is 4.83. The average molecular weight is 495 g/mol. The Balaban J connectivity index is 0.00000274. The second-order valence-electron chi connectivity index (χ2n) is 10.6. The number of piperidine rings is 1. The van der Waals surface area contributed by atoms with Gasteiger partial charge in [0.15, 0.2) is 0 Å². The van der Waals surface area contributed by atoms with Crippen molar-refractivity contribution in [2.75, 3.05) is 18.0 Å². The van der Waals surface area contributed by atoms with E-state index in [2.05, 4.69) is 17.1 Å². The molecular formula is C26H37ClF2N4O. The molecule has 34 heavy (non-hydrogen) atoms. The van der Waals surface area contributed by atoms with E-state index < -0.39 is 17.8 Å². The van der Waals surface area contributed by atoms with Crippen molar-refractivity contribution in [1.82, 2.24) is 10.2 Å². The van der Waals surface area contributed by atoms with E-state index in [0.717, 1.165) is 31.8 Å². The fraction of sp³-hybridized carbons (Fsp3) is 0.692. The minimum atomic E-state index is -0.969. The van der Waals surface area contributed by atoms with Gasteiger partial charge in [-0.05, 0) is 69.6 Å². The number of nitrogens with zero attached hydrogens (tertiary/aromatic N) is 3. The van der Waals surface area contributed by atoms with Crippen LogP contribution in [0, 0.1) is 11.7 Å². The van der Waals surface area contributed by atoms with Crippen LogP contribution in [0.25, 0.3) is 0 Å². The minimum Gasteiger partial charge on any atom is -0.300 e. The number of rotatable bonds is 4. The van der Waals surface area contributed by atoms with Crippen LogP contribution in [0.5, 0.6) is 0 Å². The molecule has 5 rings (SSSR count). The highest BCUT2D eigenvalue weighted by Gasteiger charge is 2.55. The van der Waals surface area contributed by atoms with Crippen molar-refractivity contribution in [3.05, 3.63) is 30.1 Å². The number of amidine groups is 1. The summed E-state index contributed by atoms with van der Waals surface area (Å²) in [6.07, 6.45) is 8.79. The number of hydrogen-bond acceptors (Lipinski definition) is 3. The van der Waals surface area contributed by atoms with Crippen LogP contribution in [0.15, 0.2) is 29.3 Å². The van der Waals surface area contributed by atoms with Crippen LogP contribution in [-0.2, 0) is 0 Å². The summed E-state index contributed by atoms with van der Waals surface area (Å²) >= 11 is 0. The lowest BCUT2D eigenvalue weighted by molar-refractivity contribution is 0.112. The van der Waals surface area contributed by atoms with Crippen molar-refractivity contribution >= 4 is 30.0 Å². The predicted molar refractivity (Wildman–Crippen MR) is 134 cm³/mol. The number of anilines is 1. The quantitative estimate of drug-likeness (QED) is 0.569. The molecule has 1 aromatic rings. The Morgan fingerprint density at radius 2 is 1.88 bits per heavy atom. The highest BCUT2D eigenvalue weighted by Crippen LogP contribution is 2.41. The second kappa shape index (κ2) is 10.5. The van der Waals surface area contributed by atoms with Gasteiger partial charge in [-0.15, -0.1) is 12.4 Å². The van der Waals surface area contributed by atoms with Gasteiger partial charge in [0, 0.05) is 24.8 Å². The Morgan fingerprint density at radius 3 is 2.59 bits per heavy atom. The van der Waals surface area contributed by atoms with Crippen LogP contribution in [0.3, 0.4) is 0 Å². The highest BCUT2D eigenvalue weighted by atomic mass is 35.5. The fourth-order valence-corrected chi connectivity index (χ4v) is 6.57. The standard InChI is InChI=1S/C26H36F2N4O.ClH/c1-18-16-26(13-14-31(18)17-19-7-2-3-8-19)24(29-23-12-5-4-11-22(23)28)30-25(33)32(26)21-10-6-9-20(27)15-21;/h6,9-10,15,18-19,22-23H,2-5,7-8,11-14,16-17H2,1H3,(H,29,30,33);1H/t18-,22-,23-,26+;/m0./s1. The molecule has 4 aliphatic rings. The smallest absolute Gasteiger partial charge is 0.300 e. The summed E-state index contributed by atoms with van der Waals surface area (Å²) in [4.78, 5) is 22.4. The van der Waals surface area contributed by atoms with Crippen molar-refractivity contribution in [2.45, 2.75) is 94.9 Å². The first-order chi connectivity index (χ1) is 16.0. The van der Waals surface area contributed by atoms with Crippen molar-refractivity contribution in [1.29, 1.82) is 0 Å². The molecular weight excluding hydrogens is 458 g/mol. The summed E-state index contributed by atoms with van der Waals surface area (Å²) in [7, 11) is 0. The summed E-state index contributed by atoms with van der Waals surface area (Å²) in [5.74, 6) is 0.967. The molecule has 0 radical (unpaired) electrons. The number of carbonyl (C=O) groups is 1. The molecule has 1 spiro atoms. The average Bonchev–Trinajstić information content (AvgIpc) is 3.38. The fourth-order valence-electron chi connectivity index (χ4n) is 6.57. The minimum absolute atomic E-state index is 0. The molecule has 188 valence electrons. The molecule has 2 heterocycles. The topological polar surface area (TPSA) is 47.9 Å². The number of alkyl halides is 1. The summed E-state index contributed by atoms with van der Waals surface area (Å²) in [6.45, 7) is 4.17. The number of amides is 2. The molecule has 1 N–H and O–H groups in total. The van der Waals surface area contributed by atoms with Crippen LogP contribution in [-0.4, -0.2) is 53.7 Å². The molecule has 4 fully saturated rings. The molecule has 5 nitrogen and oxygen atoms in total. The van der Waals surface area contributed by atoms with E-state index in [4.69, 9.17) is 4.99 Å². The summed E-state index contributed by atoms with van der Waals surface area (Å²) in [5, 5.41) is 2.99. The van der Waals surface area contributed by atoms with Crippen molar-refractivity contribution in [3.63, 3.8) is 0 Å². The van der Waals surface area contributed by atoms with Crippen LogP contribution in [0.2, 0.25) is 0 Å². The predicted octanol–water partition coefficient (Wildman–Crippen LogP) is 5.87. The Morgan fingerprint density at radius 1 is 1.15 bits per heavy atom. The Bertz CT molecular complexity index is 909. The van der Waals surface area contributed by atoms with Gasteiger partial charge in [-0.2, -0.15) is 0 Å². The van der Waals surface area contributed by atoms with Gasteiger partial charge in [0.2, 0.25) is 0 Å². The first kappa shape index (κ1) is 25.4. The Labute approximate surface area is 207 Å². The van der Waals surface area contributed by atoms with Gasteiger partial charge in [0.05, 0.1) is 6.04 Å². The molecule has 0 bridgehead atoms. The first-order valence-electron chi connectivity index (χ1n) is 12.8. The second-order valence-corrected chi connectivity index (χ2v) is 10.6. The third-order valence-electron chi connectivity index (χ3n) is 8.34. The maximum atomic E-state index is 14.7. The number of halogens is 3. The van der Waals surface area contributed by atoms with Gasteiger partial charge in [-0.25, -0.2) is 13.6 Å². The number of urea groups is 1. The first-order valence-corrected chi connectivity index (χ1v) is 12.8. The zero-order valence-electron chi connectivity index (χ0n) is 20.0. The lowest BCUT2D eigenvalue weighted by Crippen LogP contribution is -2.60. The van der Waals surface area contributed by atoms with Crippen LogP contribution >= 0.6 is 12.4 Å². The summed E-state index contributed by atoms with van der Waals surface area (Å²) in [6, 6.07) is 5.77. The number of carbonyl (C=O) groups excluding carboxylic acids is 1. The maximum absolute atomic E-state index is 14.7. The number of likely N-dealkylation sites (tertiary alicyclic amines) is 1. The van der Waals surface area contributed by atoms with Gasteiger partial charge in [0.25, 0.3) is 0 Å². The lowest BCUT2D eigenvalue weighted by Gasteiger charge is -2.47. The number of hydrogen-bond donors (Lipinski definition) is 1. The molecule has 8 heteroatoms. The van der Waals surface area contributed by atoms with E-state index in [1.165, 1.54) is 37.8 Å². The van der Waals surface area contributed by atoms with Gasteiger partial charge in [-0.1, -0.05) is 31.7 Å². The van der Waals surface area contributed by atoms with E-state index in [9.17, 15) is 13.6 Å². The van der Waals surface area contributed by atoms with E-state index in [1.807, 2.05) is 0 Å². The van der Waals surface area contributed by atoms with Gasteiger partial charge < -0.3 is 4.90 Å². The van der Waals surface area contributed by atoms with Crippen molar-refractivity contribution in [2.24, 2.45) is 10.9 Å². The molecule has 2 saturated heterocycles. The molecule has 4 atom stereocenters. The SMILES string of the molecule is C[C@H]1C[C@]2(CCN1CC1CCCC1)C(=N[C@H]1CCCC[C@@H]1F)NC(=O)N2c1cccc(F)c1.Cl. The van der Waals surface area contributed by atoms with E-state index >= 15 is 0 Å². The highest BCUT2D eigenvalue weighted by molar-refractivity contribution is 6.19. The zero-order chi connectivity index (χ0) is 23.0. The summed E-state index contributed by atoms with van der Waals surface area (Å²) in [5.41, 5.74) is -0.150. The summed E-state index contributed by atoms with van der Waals surface area (Å²) < 4.78 is 28.8. The van der Waals surface area contributed by atoms with Gasteiger partial charge in [-0.3, -0.25) is 15.2 Å². The number of aliphatic imine (C=N–C) groups is 1. The molecule has 0 aromatic heterocycles. The van der Waals surface area contributed by atoms with Gasteiger partial charge >= 0.3 is 6.03 Å². The zero-order valence-corrected chi connectivity index (χ0v) is 20.8. The van der Waals surface area contributed by atoms with E-state index in [-0.39, 0.29) is 30.3 Å². The van der Waals surface area contributed by atoms with E-state index in [0.29, 0.717) is 37.2 Å². The molecule has 2 aliphatic heterocycles. The molecule has 0 unspecified atom stereocenters. The van der Waals surface area contributed by atoms with Crippen LogP contribution < -0.4 is 10.2 Å². The molecule has 2 aliphatic carbocycles. The van der Waals surface area contributed by atoms with Crippen molar-refractivity contribution in [3.8, 4) is 0 Å². The van der Waals surface area contributed by atoms with Crippen molar-refractivity contribution < 1.29 is 13.6 Å². The monoisotopic (exact) mass is 494 g/mol. The molecule has 1 aromatic carbocycles. The van der Waals surface area contributed by atoms with Crippen LogP contribution in [0.4, 0.5) is 19.3 Å². The number of benzene rings is 1. The third-order valence-corrected chi connectivity index (χ3v) is 8.34. The van der Waals surface area contributed by atoms with E-state index in [1.54, 1.807) is 17.0 Å². The molecule has 2 amide bonds. The maximum Gasteiger partial charge on any atom is 0.328 e. The van der Waals surface area contributed by atoms with Crippen LogP contribution in [0.1, 0.15) is 71.1 Å². The molecule has 2 saturated carbocycles. The van der Waals surface area contributed by atoms with Gasteiger partial charge in [0.1, 0.15) is 23.4 Å². The Kier molecular flexibility index (Phi) is 7.82. The lowest BCUT2D eigenvalue weighted by atomic mass is 9.80. The number of nitrogens with one attached hydrogen (secondary N) is 1. The Hall–Kier alpha value is -1.73.